The second kappa shape index (κ2) is 19.4. The van der Waals surface area contributed by atoms with E-state index in [9.17, 15) is 9.59 Å². The highest BCUT2D eigenvalue weighted by atomic mass is 16.5. The van der Waals surface area contributed by atoms with Crippen molar-refractivity contribution in [2.24, 2.45) is 0 Å². The van der Waals surface area contributed by atoms with E-state index in [0.717, 1.165) is 43.6 Å². The Labute approximate surface area is 213 Å². The smallest absolute Gasteiger partial charge is 0.333 e. The molecule has 0 unspecified atom stereocenters. The minimum Gasteiger partial charge on any atom is -0.461 e. The number of ether oxygens (including phenoxy) is 2. The summed E-state index contributed by atoms with van der Waals surface area (Å²) in [5.41, 5.74) is 3.23. The zero-order chi connectivity index (χ0) is 26.6. The number of hydrogen-bond acceptors (Lipinski definition) is 5. The lowest BCUT2D eigenvalue weighted by atomic mass is 9.98. The molecule has 194 valence electrons. The number of carbonyl (C=O) groups is 2. The van der Waals surface area contributed by atoms with Gasteiger partial charge in [0.2, 0.25) is 0 Å². The molecule has 5 heteroatoms. The summed E-state index contributed by atoms with van der Waals surface area (Å²) < 4.78 is 10.2. The standard InChI is InChI=1S/C10H19NO2.C10H16O2.C10H10/c1-5-11(6-2)7-8-13-10(12)9(3)4;1-8(2)10(11)12-9-6-4-3-5-7-9;1-3-9-7-5-6-8-10(9)4-2/h3,5-8H2,1-2,4H3;9H,1,3-7H2,2H3;3-8H,1-2H2. The first kappa shape index (κ1) is 32.1. The Balaban J connectivity index is 0.000000499. The summed E-state index contributed by atoms with van der Waals surface area (Å²) >= 11 is 0. The van der Waals surface area contributed by atoms with Crippen molar-refractivity contribution < 1.29 is 19.1 Å². The molecule has 0 N–H and O–H groups in total. The van der Waals surface area contributed by atoms with Crippen molar-refractivity contribution in [3.05, 3.63) is 72.9 Å². The van der Waals surface area contributed by atoms with Crippen molar-refractivity contribution in [1.82, 2.24) is 4.90 Å². The molecule has 1 saturated carbocycles. The first-order valence-electron chi connectivity index (χ1n) is 12.4. The van der Waals surface area contributed by atoms with Gasteiger partial charge in [-0.15, -0.1) is 0 Å². The lowest BCUT2D eigenvalue weighted by molar-refractivity contribution is -0.145. The van der Waals surface area contributed by atoms with Crippen LogP contribution in [0.4, 0.5) is 0 Å². The quantitative estimate of drug-likeness (QED) is 0.269. The second-order valence-corrected chi connectivity index (χ2v) is 8.43. The fourth-order valence-corrected chi connectivity index (χ4v) is 3.25. The molecule has 0 aromatic heterocycles. The summed E-state index contributed by atoms with van der Waals surface area (Å²) in [6.07, 6.45) is 9.53. The largest absolute Gasteiger partial charge is 0.461 e. The van der Waals surface area contributed by atoms with Crippen molar-refractivity contribution in [2.45, 2.75) is 65.9 Å². The van der Waals surface area contributed by atoms with Gasteiger partial charge in [-0.25, -0.2) is 9.59 Å². The minimum atomic E-state index is -0.299. The Hall–Kier alpha value is -2.92. The van der Waals surface area contributed by atoms with Crippen LogP contribution in [-0.2, 0) is 19.1 Å². The molecule has 0 atom stereocenters. The van der Waals surface area contributed by atoms with Gasteiger partial charge in [-0.05, 0) is 63.7 Å². The molecule has 0 amide bonds. The summed E-state index contributed by atoms with van der Waals surface area (Å²) in [5.74, 6) is -0.533. The third-order valence-corrected chi connectivity index (χ3v) is 5.49. The van der Waals surface area contributed by atoms with Crippen LogP contribution in [0.2, 0.25) is 0 Å². The molecule has 5 nitrogen and oxygen atoms in total. The predicted molar refractivity (Wildman–Crippen MR) is 148 cm³/mol. The Morgan fingerprint density at radius 1 is 0.914 bits per heavy atom. The van der Waals surface area contributed by atoms with Crippen LogP contribution in [0.15, 0.2) is 61.7 Å². The maximum Gasteiger partial charge on any atom is 0.333 e. The lowest BCUT2D eigenvalue weighted by Crippen LogP contribution is -2.27. The van der Waals surface area contributed by atoms with Crippen molar-refractivity contribution in [2.75, 3.05) is 26.2 Å². The third kappa shape index (κ3) is 14.8. The molecule has 0 aliphatic heterocycles. The highest BCUT2D eigenvalue weighted by Gasteiger charge is 2.17. The number of hydrogen-bond donors (Lipinski definition) is 0. The molecule has 1 aromatic rings. The average molecular weight is 484 g/mol. The zero-order valence-corrected chi connectivity index (χ0v) is 22.3. The van der Waals surface area contributed by atoms with Gasteiger partial charge >= 0.3 is 11.9 Å². The third-order valence-electron chi connectivity index (χ3n) is 5.49. The van der Waals surface area contributed by atoms with Crippen molar-refractivity contribution in [1.29, 1.82) is 0 Å². The van der Waals surface area contributed by atoms with Crippen molar-refractivity contribution in [3.63, 3.8) is 0 Å². The molecular weight excluding hydrogens is 438 g/mol. The van der Waals surface area contributed by atoms with E-state index in [-0.39, 0.29) is 18.0 Å². The van der Waals surface area contributed by atoms with Crippen LogP contribution >= 0.6 is 0 Å². The minimum absolute atomic E-state index is 0.156. The van der Waals surface area contributed by atoms with Crippen LogP contribution in [0.25, 0.3) is 12.2 Å². The van der Waals surface area contributed by atoms with Gasteiger partial charge in [0, 0.05) is 17.7 Å². The molecule has 35 heavy (non-hydrogen) atoms. The number of rotatable bonds is 10. The molecule has 1 aliphatic carbocycles. The Kier molecular flexibility index (Phi) is 17.8. The molecule has 1 fully saturated rings. The van der Waals surface area contributed by atoms with E-state index in [0.29, 0.717) is 17.8 Å². The molecule has 0 spiro atoms. The van der Waals surface area contributed by atoms with E-state index in [1.165, 1.54) is 19.3 Å². The molecule has 0 bridgehead atoms. The van der Waals surface area contributed by atoms with Crippen LogP contribution in [0.1, 0.15) is 70.9 Å². The second-order valence-electron chi connectivity index (χ2n) is 8.43. The summed E-state index contributed by atoms with van der Waals surface area (Å²) in [6.45, 7) is 25.2. The van der Waals surface area contributed by atoms with Gasteiger partial charge in [0.15, 0.2) is 0 Å². The highest BCUT2D eigenvalue weighted by molar-refractivity contribution is 5.87. The summed E-state index contributed by atoms with van der Waals surface area (Å²) in [4.78, 5) is 24.3. The van der Waals surface area contributed by atoms with E-state index in [1.807, 2.05) is 36.4 Å². The van der Waals surface area contributed by atoms with Crippen LogP contribution < -0.4 is 0 Å². The molecule has 1 aromatic carbocycles. The molecular formula is C30H45NO4. The SMILES string of the molecule is C=C(C)C(=O)OC1CCCCC1.C=C(C)C(=O)OCCN(CC)CC.C=Cc1ccccc1C=C. The zero-order valence-electron chi connectivity index (χ0n) is 22.3. The van der Waals surface area contributed by atoms with Crippen molar-refractivity contribution >= 4 is 24.1 Å². The first-order chi connectivity index (χ1) is 16.7. The fraction of sp³-hybridized carbons (Fsp3) is 0.467. The van der Waals surface area contributed by atoms with E-state index in [4.69, 9.17) is 9.47 Å². The maximum absolute atomic E-state index is 11.1. The van der Waals surface area contributed by atoms with Gasteiger partial charge in [-0.2, -0.15) is 0 Å². The van der Waals surface area contributed by atoms with E-state index < -0.39 is 0 Å². The van der Waals surface area contributed by atoms with Crippen LogP contribution in [0.3, 0.4) is 0 Å². The fourth-order valence-electron chi connectivity index (χ4n) is 3.25. The van der Waals surface area contributed by atoms with Gasteiger partial charge in [-0.3, -0.25) is 0 Å². The number of nitrogens with zero attached hydrogens (tertiary/aromatic N) is 1. The molecule has 0 saturated heterocycles. The van der Waals surface area contributed by atoms with Gasteiger partial charge in [-0.1, -0.05) is 83.0 Å². The Morgan fingerprint density at radius 2 is 1.40 bits per heavy atom. The number of esters is 2. The van der Waals surface area contributed by atoms with Crippen LogP contribution in [0, 0.1) is 0 Å². The van der Waals surface area contributed by atoms with E-state index >= 15 is 0 Å². The summed E-state index contributed by atoms with van der Waals surface area (Å²) in [5, 5.41) is 0. The van der Waals surface area contributed by atoms with Gasteiger partial charge < -0.3 is 14.4 Å². The summed E-state index contributed by atoms with van der Waals surface area (Å²) in [7, 11) is 0. The van der Waals surface area contributed by atoms with Gasteiger partial charge in [0.25, 0.3) is 0 Å². The van der Waals surface area contributed by atoms with E-state index in [2.05, 4.69) is 45.1 Å². The topological polar surface area (TPSA) is 55.8 Å². The molecule has 0 radical (unpaired) electrons. The first-order valence-corrected chi connectivity index (χ1v) is 12.4. The van der Waals surface area contributed by atoms with Gasteiger partial charge in [0.05, 0.1) is 0 Å². The number of likely N-dealkylation sites (N-methyl/N-ethyl adjacent to an activating group) is 1. The highest BCUT2D eigenvalue weighted by Crippen LogP contribution is 2.20. The molecule has 0 heterocycles. The van der Waals surface area contributed by atoms with E-state index in [1.54, 1.807) is 13.8 Å². The summed E-state index contributed by atoms with van der Waals surface area (Å²) in [6, 6.07) is 8.02. The normalized spacial score (nSPS) is 12.7. The maximum atomic E-state index is 11.1. The molecule has 1 aliphatic rings. The number of carbonyl (C=O) groups excluding carboxylic acids is 2. The average Bonchev–Trinajstić information content (AvgIpc) is 2.87. The Morgan fingerprint density at radius 3 is 1.80 bits per heavy atom. The Bertz CT molecular complexity index is 790. The van der Waals surface area contributed by atoms with Crippen LogP contribution in [0.5, 0.6) is 0 Å². The molecule has 2 rings (SSSR count). The lowest BCUT2D eigenvalue weighted by Gasteiger charge is -2.21. The predicted octanol–water partition coefficient (Wildman–Crippen LogP) is 6.86. The van der Waals surface area contributed by atoms with Crippen LogP contribution in [-0.4, -0.2) is 49.2 Å². The monoisotopic (exact) mass is 483 g/mol. The van der Waals surface area contributed by atoms with Gasteiger partial charge in [0.1, 0.15) is 12.7 Å². The number of benzene rings is 1. The van der Waals surface area contributed by atoms with Crippen molar-refractivity contribution in [3.8, 4) is 0 Å².